The second kappa shape index (κ2) is 2.29. The molecule has 0 aromatic heterocycles. The molecule has 1 heteroatoms. The molecule has 0 amide bonds. The van der Waals surface area contributed by atoms with Gasteiger partial charge < -0.3 is 0 Å². The van der Waals surface area contributed by atoms with Crippen molar-refractivity contribution in [3.05, 3.63) is 12.2 Å². The molecular weight excluding hydrogens is 103 g/mol. The number of hydrogen-bond acceptors (Lipinski definition) is 0. The van der Waals surface area contributed by atoms with Crippen molar-refractivity contribution >= 4 is 0 Å². The second-order valence-corrected chi connectivity index (χ2v) is 2.37. The Labute approximate surface area is 49.4 Å². The summed E-state index contributed by atoms with van der Waals surface area (Å²) in [6.45, 7) is 3.62. The largest absolute Gasteiger partial charge is 0.243 e. The zero-order valence-corrected chi connectivity index (χ0v) is 4.99. The molecule has 0 aromatic carbocycles. The van der Waals surface area contributed by atoms with Gasteiger partial charge in [-0.2, -0.15) is 0 Å². The van der Waals surface area contributed by atoms with Crippen molar-refractivity contribution in [1.82, 2.24) is 0 Å². The molecule has 0 aliphatic heterocycles. The molecule has 0 aromatic rings. The Hall–Kier alpha value is -0.330. The summed E-state index contributed by atoms with van der Waals surface area (Å²) < 4.78 is 12.5. The van der Waals surface area contributed by atoms with E-state index in [-0.39, 0.29) is 0 Å². The van der Waals surface area contributed by atoms with Crippen LogP contribution in [0.1, 0.15) is 25.7 Å². The summed E-state index contributed by atoms with van der Waals surface area (Å²) >= 11 is 0. The van der Waals surface area contributed by atoms with E-state index in [2.05, 4.69) is 6.58 Å². The summed E-state index contributed by atoms with van der Waals surface area (Å²) in [5, 5.41) is 0. The standard InChI is InChI=1S/C7H11F/c1-6-4-2-3-5-7(6)8/h7H,1-5H2/t7-/m1/s1. The lowest BCUT2D eigenvalue weighted by Crippen LogP contribution is -2.08. The quantitative estimate of drug-likeness (QED) is 0.424. The van der Waals surface area contributed by atoms with Crippen LogP contribution in [0.3, 0.4) is 0 Å². The van der Waals surface area contributed by atoms with E-state index in [0.717, 1.165) is 24.8 Å². The van der Waals surface area contributed by atoms with Gasteiger partial charge in [-0.1, -0.05) is 6.58 Å². The van der Waals surface area contributed by atoms with Crippen molar-refractivity contribution in [2.24, 2.45) is 0 Å². The molecule has 0 radical (unpaired) electrons. The van der Waals surface area contributed by atoms with Crippen LogP contribution in [0.4, 0.5) is 4.39 Å². The van der Waals surface area contributed by atoms with Gasteiger partial charge in [0.2, 0.25) is 0 Å². The van der Waals surface area contributed by atoms with Gasteiger partial charge in [0.25, 0.3) is 0 Å². The lowest BCUT2D eigenvalue weighted by Gasteiger charge is -2.16. The first-order valence-electron chi connectivity index (χ1n) is 3.12. The molecule has 0 nitrogen and oxygen atoms in total. The highest BCUT2D eigenvalue weighted by atomic mass is 19.1. The average Bonchev–Trinajstić information content (AvgIpc) is 1.77. The minimum absolute atomic E-state index is 0.691. The molecule has 1 aliphatic carbocycles. The number of halogens is 1. The summed E-state index contributed by atoms with van der Waals surface area (Å²) in [5.41, 5.74) is 0.802. The van der Waals surface area contributed by atoms with Gasteiger partial charge in [0.1, 0.15) is 6.17 Å². The van der Waals surface area contributed by atoms with Gasteiger partial charge in [-0.3, -0.25) is 0 Å². The summed E-state index contributed by atoms with van der Waals surface area (Å²) in [7, 11) is 0. The zero-order valence-electron chi connectivity index (χ0n) is 4.99. The third-order valence-corrected chi connectivity index (χ3v) is 1.65. The molecule has 1 fully saturated rings. The normalized spacial score (nSPS) is 30.6. The summed E-state index contributed by atoms with van der Waals surface area (Å²) in [6.07, 6.45) is 3.10. The first-order chi connectivity index (χ1) is 3.80. The Balaban J connectivity index is 2.39. The Morgan fingerprint density at radius 1 is 1.50 bits per heavy atom. The minimum atomic E-state index is -0.691. The highest BCUT2D eigenvalue weighted by Crippen LogP contribution is 2.23. The molecular formula is C7H11F. The van der Waals surface area contributed by atoms with Crippen LogP contribution in [-0.2, 0) is 0 Å². The fraction of sp³-hybridized carbons (Fsp3) is 0.714. The molecule has 46 valence electrons. The first kappa shape index (κ1) is 5.80. The van der Waals surface area contributed by atoms with E-state index < -0.39 is 6.17 Å². The molecule has 8 heavy (non-hydrogen) atoms. The van der Waals surface area contributed by atoms with E-state index in [1.54, 1.807) is 0 Å². The van der Waals surface area contributed by atoms with Crippen molar-refractivity contribution in [1.29, 1.82) is 0 Å². The molecule has 1 atom stereocenters. The van der Waals surface area contributed by atoms with E-state index in [0.29, 0.717) is 6.42 Å². The minimum Gasteiger partial charge on any atom is -0.243 e. The van der Waals surface area contributed by atoms with Gasteiger partial charge in [0.05, 0.1) is 0 Å². The lowest BCUT2D eigenvalue weighted by atomic mass is 9.95. The van der Waals surface area contributed by atoms with Crippen molar-refractivity contribution in [2.75, 3.05) is 0 Å². The zero-order chi connectivity index (χ0) is 5.98. The molecule has 0 unspecified atom stereocenters. The van der Waals surface area contributed by atoms with Gasteiger partial charge >= 0.3 is 0 Å². The van der Waals surface area contributed by atoms with Crippen molar-refractivity contribution < 1.29 is 4.39 Å². The Kier molecular flexibility index (Phi) is 1.66. The SMILES string of the molecule is C=C1CCCC[C@H]1F. The van der Waals surface area contributed by atoms with Crippen LogP contribution in [0.2, 0.25) is 0 Å². The van der Waals surface area contributed by atoms with Crippen molar-refractivity contribution in [3.8, 4) is 0 Å². The van der Waals surface area contributed by atoms with Gasteiger partial charge in [-0.05, 0) is 31.3 Å². The fourth-order valence-electron chi connectivity index (χ4n) is 1.04. The number of hydrogen-bond donors (Lipinski definition) is 0. The predicted molar refractivity (Wildman–Crippen MR) is 32.5 cm³/mol. The van der Waals surface area contributed by atoms with Crippen LogP contribution in [0.25, 0.3) is 0 Å². The Morgan fingerprint density at radius 2 is 2.25 bits per heavy atom. The van der Waals surface area contributed by atoms with E-state index >= 15 is 0 Å². The number of rotatable bonds is 0. The van der Waals surface area contributed by atoms with Gasteiger partial charge in [0, 0.05) is 0 Å². The first-order valence-corrected chi connectivity index (χ1v) is 3.12. The molecule has 0 N–H and O–H groups in total. The van der Waals surface area contributed by atoms with Crippen LogP contribution in [0, 0.1) is 0 Å². The highest BCUT2D eigenvalue weighted by molar-refractivity contribution is 5.04. The Morgan fingerprint density at radius 3 is 2.62 bits per heavy atom. The van der Waals surface area contributed by atoms with Crippen LogP contribution >= 0.6 is 0 Å². The van der Waals surface area contributed by atoms with Crippen LogP contribution in [-0.4, -0.2) is 6.17 Å². The average molecular weight is 114 g/mol. The Bertz CT molecular complexity index is 96.6. The van der Waals surface area contributed by atoms with Gasteiger partial charge in [-0.25, -0.2) is 4.39 Å². The molecule has 0 heterocycles. The molecule has 1 aliphatic rings. The highest BCUT2D eigenvalue weighted by Gasteiger charge is 2.14. The lowest BCUT2D eigenvalue weighted by molar-refractivity contribution is 0.318. The van der Waals surface area contributed by atoms with Crippen molar-refractivity contribution in [3.63, 3.8) is 0 Å². The summed E-state index contributed by atoms with van der Waals surface area (Å²) in [6, 6.07) is 0. The van der Waals surface area contributed by atoms with E-state index in [1.165, 1.54) is 0 Å². The van der Waals surface area contributed by atoms with Crippen LogP contribution in [0.15, 0.2) is 12.2 Å². The maximum Gasteiger partial charge on any atom is 0.121 e. The smallest absolute Gasteiger partial charge is 0.121 e. The molecule has 0 spiro atoms. The number of allylic oxidation sites excluding steroid dienone is 1. The van der Waals surface area contributed by atoms with E-state index in [9.17, 15) is 4.39 Å². The topological polar surface area (TPSA) is 0 Å². The fourth-order valence-corrected chi connectivity index (χ4v) is 1.04. The third kappa shape index (κ3) is 1.09. The summed E-state index contributed by atoms with van der Waals surface area (Å²) in [5.74, 6) is 0. The molecule has 1 rings (SSSR count). The number of alkyl halides is 1. The maximum atomic E-state index is 12.5. The van der Waals surface area contributed by atoms with Crippen molar-refractivity contribution in [2.45, 2.75) is 31.9 Å². The van der Waals surface area contributed by atoms with E-state index in [1.807, 2.05) is 0 Å². The van der Waals surface area contributed by atoms with E-state index in [4.69, 9.17) is 0 Å². The molecule has 0 bridgehead atoms. The molecule has 1 saturated carbocycles. The molecule has 0 saturated heterocycles. The predicted octanol–water partition coefficient (Wildman–Crippen LogP) is 2.45. The van der Waals surface area contributed by atoms with Crippen LogP contribution < -0.4 is 0 Å². The second-order valence-electron chi connectivity index (χ2n) is 2.37. The third-order valence-electron chi connectivity index (χ3n) is 1.65. The monoisotopic (exact) mass is 114 g/mol. The maximum absolute atomic E-state index is 12.5. The van der Waals surface area contributed by atoms with Gasteiger partial charge in [-0.15, -0.1) is 0 Å². The summed E-state index contributed by atoms with van der Waals surface area (Å²) in [4.78, 5) is 0. The van der Waals surface area contributed by atoms with Gasteiger partial charge in [0.15, 0.2) is 0 Å². The van der Waals surface area contributed by atoms with Crippen LogP contribution in [0.5, 0.6) is 0 Å².